The molecule has 0 radical (unpaired) electrons. The number of hydrogen-bond acceptors (Lipinski definition) is 12. The molecule has 0 bridgehead atoms. The van der Waals surface area contributed by atoms with E-state index in [1.807, 2.05) is 48.5 Å². The maximum atomic E-state index is 12.4. The van der Waals surface area contributed by atoms with Gasteiger partial charge in [0.25, 0.3) is 11.8 Å². The highest BCUT2D eigenvalue weighted by Crippen LogP contribution is 2.44. The molecule has 4 aliphatic carbocycles. The number of benzene rings is 2. The number of primary amides is 2. The lowest BCUT2D eigenvalue weighted by atomic mass is 9.76. The Bertz CT molecular complexity index is 2730. The molecule has 6 aliphatic rings. The van der Waals surface area contributed by atoms with E-state index in [4.69, 9.17) is 33.8 Å². The van der Waals surface area contributed by atoms with Gasteiger partial charge in [-0.2, -0.15) is 20.7 Å². The number of hydrogen-bond donors (Lipinski definition) is 2. The van der Waals surface area contributed by atoms with E-state index >= 15 is 0 Å². The number of amides is 2. The number of aromatic nitrogens is 4. The first-order valence-corrected chi connectivity index (χ1v) is 26.0. The van der Waals surface area contributed by atoms with E-state index in [-0.39, 0.29) is 47.4 Å². The first kappa shape index (κ1) is 51.7. The highest BCUT2D eigenvalue weighted by atomic mass is 16.5. The van der Waals surface area contributed by atoms with Gasteiger partial charge in [-0.1, -0.05) is 11.8 Å². The summed E-state index contributed by atoms with van der Waals surface area (Å²) in [5, 5.41) is 28.7. The number of rotatable bonds is 18. The first-order chi connectivity index (χ1) is 35.5. The Morgan fingerprint density at radius 2 is 0.932 bits per heavy atom. The zero-order chi connectivity index (χ0) is 52.4. The molecule has 16 heteroatoms. The summed E-state index contributed by atoms with van der Waals surface area (Å²) < 4.78 is 16.1. The monoisotopic (exact) mass is 999 g/mol. The number of nitriles is 2. The van der Waals surface area contributed by atoms with Gasteiger partial charge in [0.1, 0.15) is 34.3 Å². The summed E-state index contributed by atoms with van der Waals surface area (Å²) in [6.07, 6.45) is 25.4. The van der Waals surface area contributed by atoms with Crippen LogP contribution in [-0.2, 0) is 33.5 Å². The van der Waals surface area contributed by atoms with Crippen LogP contribution >= 0.6 is 0 Å². The summed E-state index contributed by atoms with van der Waals surface area (Å²) in [6.45, 7) is 7.59. The number of ketones is 2. The molecule has 6 fully saturated rings. The van der Waals surface area contributed by atoms with Crippen LogP contribution in [0.1, 0.15) is 147 Å². The fourth-order valence-electron chi connectivity index (χ4n) is 11.8. The summed E-state index contributed by atoms with van der Waals surface area (Å²) in [6, 6.07) is 20.7. The van der Waals surface area contributed by atoms with Gasteiger partial charge >= 0.3 is 0 Å². The number of Topliss-reactive ketones (excluding diaryl/α,β-unsaturated/α-hetero) is 2. The van der Waals surface area contributed by atoms with E-state index in [2.05, 4.69) is 57.8 Å². The second kappa shape index (κ2) is 20.9. The van der Waals surface area contributed by atoms with Crippen molar-refractivity contribution < 1.29 is 28.7 Å². The smallest absolute Gasteiger partial charge is 0.252 e. The largest absolute Gasteiger partial charge is 0.485 e. The van der Waals surface area contributed by atoms with Gasteiger partial charge in [-0.25, -0.2) is 0 Å². The topological polar surface area (TPSA) is 228 Å². The number of nitrogens with zero attached hydrogens (tertiary/aromatic N) is 8. The lowest BCUT2D eigenvalue weighted by Gasteiger charge is -2.53. The van der Waals surface area contributed by atoms with Gasteiger partial charge in [-0.3, -0.25) is 38.3 Å². The third kappa shape index (κ3) is 11.3. The van der Waals surface area contributed by atoms with Gasteiger partial charge < -0.3 is 20.9 Å². The minimum Gasteiger partial charge on any atom is -0.485 e. The molecule has 2 aliphatic heterocycles. The number of carbonyl (C=O) groups excluding carboxylic acids is 4. The van der Waals surface area contributed by atoms with E-state index in [1.54, 1.807) is 21.8 Å². The highest BCUT2D eigenvalue weighted by molar-refractivity contribution is 5.96. The van der Waals surface area contributed by atoms with Gasteiger partial charge in [0.15, 0.2) is 0 Å². The molecule has 2 amide bonds. The van der Waals surface area contributed by atoms with Gasteiger partial charge in [0.2, 0.25) is 0 Å². The molecule has 384 valence electrons. The van der Waals surface area contributed by atoms with Crippen LogP contribution in [0.2, 0.25) is 0 Å². The van der Waals surface area contributed by atoms with Crippen molar-refractivity contribution in [3.63, 3.8) is 0 Å². The van der Waals surface area contributed by atoms with Crippen LogP contribution in [0.25, 0.3) is 0 Å². The number of carbonyl (C=O) groups is 4. The van der Waals surface area contributed by atoms with E-state index in [1.165, 1.54) is 0 Å². The SMILES string of the molecule is C#Cc1ccc(OC2(C)CN(C3CCC(CC#N)(n4cc(C(N)=O)c(CC(=O)C5CC5)n4)CC3)C2)cc1.C#Cc1ccc(OC2(C)CN(C3CCC(CC#N)(n4cc(C(N)=O)c(CC(=O)C5CC5)n4)CC3)C2)cc1. The van der Waals surface area contributed by atoms with Crippen LogP contribution in [0.4, 0.5) is 0 Å². The molecule has 2 saturated heterocycles. The minimum absolute atomic E-state index is 0.0860. The predicted molar refractivity (Wildman–Crippen MR) is 275 cm³/mol. The van der Waals surface area contributed by atoms with Gasteiger partial charge in [0.05, 0.1) is 71.4 Å². The Morgan fingerprint density at radius 3 is 1.22 bits per heavy atom. The van der Waals surface area contributed by atoms with Crippen molar-refractivity contribution in [2.75, 3.05) is 26.2 Å². The summed E-state index contributed by atoms with van der Waals surface area (Å²) in [5.41, 5.74) is 12.9. The Morgan fingerprint density at radius 1 is 0.595 bits per heavy atom. The highest BCUT2D eigenvalue weighted by Gasteiger charge is 2.49. The fraction of sp³-hybridized carbons (Fsp3) is 0.517. The standard InChI is InChI=1S/2C29H33N5O3/c2*1-3-20-4-8-23(9-5-20)37-28(2)18-33(19-28)22-10-12-29(13-11-22,14-15-30)34-17-24(27(31)36)25(32-34)16-26(35)21-6-7-21/h2*1,4-5,8-9,17,21-22H,6-7,10-14,16,18-19H2,2H3,(H2,31,36). The number of likely N-dealkylation sites (tertiary alicyclic amines) is 2. The number of ether oxygens (including phenoxy) is 2. The Kier molecular flexibility index (Phi) is 14.6. The lowest BCUT2D eigenvalue weighted by Crippen LogP contribution is -2.66. The van der Waals surface area contributed by atoms with Crippen molar-refractivity contribution in [2.24, 2.45) is 23.3 Å². The van der Waals surface area contributed by atoms with E-state index < -0.39 is 22.9 Å². The Balaban J connectivity index is 0.000000182. The summed E-state index contributed by atoms with van der Waals surface area (Å²) >= 11 is 0. The van der Waals surface area contributed by atoms with Gasteiger partial charge in [0, 0.05) is 73.6 Å². The zero-order valence-corrected chi connectivity index (χ0v) is 42.6. The molecule has 4 aromatic rings. The summed E-state index contributed by atoms with van der Waals surface area (Å²) in [5.74, 6) is 6.10. The van der Waals surface area contributed by atoms with Crippen molar-refractivity contribution in [1.82, 2.24) is 29.4 Å². The normalized spacial score (nSPS) is 24.9. The summed E-state index contributed by atoms with van der Waals surface area (Å²) in [7, 11) is 0. The van der Waals surface area contributed by atoms with E-state index in [0.717, 1.165) is 126 Å². The second-order valence-corrected chi connectivity index (χ2v) is 22.3. The van der Waals surface area contributed by atoms with Crippen LogP contribution in [0.15, 0.2) is 60.9 Å². The Labute approximate surface area is 433 Å². The van der Waals surface area contributed by atoms with Gasteiger partial charge in [-0.15, -0.1) is 12.8 Å². The van der Waals surface area contributed by atoms with Crippen LogP contribution in [0, 0.1) is 59.2 Å². The third-order valence-electron chi connectivity index (χ3n) is 16.4. The average Bonchev–Trinajstić information content (AvgIpc) is 4.32. The molecule has 4 saturated carbocycles. The number of terminal acetylenes is 2. The van der Waals surface area contributed by atoms with Crippen LogP contribution in [0.3, 0.4) is 0 Å². The molecule has 10 rings (SSSR count). The van der Waals surface area contributed by atoms with Crippen LogP contribution in [0.5, 0.6) is 11.5 Å². The molecular formula is C58H66N10O6. The lowest BCUT2D eigenvalue weighted by molar-refractivity contribution is -0.120. The zero-order valence-electron chi connectivity index (χ0n) is 42.6. The molecular weight excluding hydrogens is 933 g/mol. The van der Waals surface area contributed by atoms with Gasteiger partial charge in [-0.05, 0) is 139 Å². The van der Waals surface area contributed by atoms with Crippen molar-refractivity contribution >= 4 is 23.4 Å². The predicted octanol–water partition coefficient (Wildman–Crippen LogP) is 6.38. The van der Waals surface area contributed by atoms with E-state index in [9.17, 15) is 29.7 Å². The Hall–Kier alpha value is -7.24. The number of nitrogens with two attached hydrogens (primary N) is 2. The maximum absolute atomic E-state index is 12.4. The molecule has 4 heterocycles. The van der Waals surface area contributed by atoms with Crippen molar-refractivity contribution in [1.29, 1.82) is 10.5 Å². The second-order valence-electron chi connectivity index (χ2n) is 22.3. The minimum atomic E-state index is -0.584. The molecule has 0 atom stereocenters. The molecule has 2 aromatic carbocycles. The first-order valence-electron chi connectivity index (χ1n) is 26.0. The molecule has 4 N–H and O–H groups in total. The quantitative estimate of drug-likeness (QED) is 0.104. The van der Waals surface area contributed by atoms with Crippen LogP contribution in [-0.4, -0.2) is 102 Å². The molecule has 74 heavy (non-hydrogen) atoms. The molecule has 0 spiro atoms. The molecule has 0 unspecified atom stereocenters. The van der Waals surface area contributed by atoms with Crippen molar-refractivity contribution in [2.45, 2.75) is 151 Å². The van der Waals surface area contributed by atoms with Crippen molar-refractivity contribution in [3.05, 3.63) is 94.6 Å². The van der Waals surface area contributed by atoms with E-state index in [0.29, 0.717) is 47.4 Å². The average molecular weight is 999 g/mol. The fourth-order valence-corrected chi connectivity index (χ4v) is 11.8. The summed E-state index contributed by atoms with van der Waals surface area (Å²) in [4.78, 5) is 54.0. The molecule has 16 nitrogen and oxygen atoms in total. The van der Waals surface area contributed by atoms with Crippen molar-refractivity contribution in [3.8, 4) is 48.3 Å². The maximum Gasteiger partial charge on any atom is 0.252 e. The van der Waals surface area contributed by atoms with Crippen LogP contribution < -0.4 is 20.9 Å². The molecule has 2 aromatic heterocycles. The third-order valence-corrected chi connectivity index (χ3v) is 16.4.